The Balaban J connectivity index is 2.12. The lowest BCUT2D eigenvalue weighted by molar-refractivity contribution is 0.0697. The summed E-state index contributed by atoms with van der Waals surface area (Å²) in [6.07, 6.45) is 0. The van der Waals surface area contributed by atoms with Crippen molar-refractivity contribution in [1.82, 2.24) is 0 Å². The monoisotopic (exact) mass is 296 g/mol. The zero-order chi connectivity index (χ0) is 13.8. The first-order chi connectivity index (χ1) is 9.06. The van der Waals surface area contributed by atoms with Gasteiger partial charge < -0.3 is 5.11 Å². The third-order valence-electron chi connectivity index (χ3n) is 2.46. The third-order valence-corrected chi connectivity index (χ3v) is 3.86. The van der Waals surface area contributed by atoms with E-state index < -0.39 is 5.97 Å². The SMILES string of the molecule is O=C(O)c1cc(SCc2cccc(F)c2)ccc1Cl. The van der Waals surface area contributed by atoms with Crippen molar-refractivity contribution < 1.29 is 14.3 Å². The van der Waals surface area contributed by atoms with Crippen molar-refractivity contribution in [2.45, 2.75) is 10.6 Å². The fourth-order valence-corrected chi connectivity index (χ4v) is 2.63. The van der Waals surface area contributed by atoms with Gasteiger partial charge in [0.2, 0.25) is 0 Å². The number of hydrogen-bond acceptors (Lipinski definition) is 2. The van der Waals surface area contributed by atoms with E-state index in [0.717, 1.165) is 10.5 Å². The molecular formula is C14H10ClFO2S. The number of benzene rings is 2. The minimum absolute atomic E-state index is 0.0749. The maximum atomic E-state index is 13.0. The molecule has 0 aromatic heterocycles. The average Bonchev–Trinajstić information content (AvgIpc) is 2.37. The highest BCUT2D eigenvalue weighted by Crippen LogP contribution is 2.27. The molecule has 19 heavy (non-hydrogen) atoms. The van der Waals surface area contributed by atoms with Crippen molar-refractivity contribution in [1.29, 1.82) is 0 Å². The summed E-state index contributed by atoms with van der Waals surface area (Å²) in [5.74, 6) is -0.767. The molecule has 0 fully saturated rings. The van der Waals surface area contributed by atoms with Crippen molar-refractivity contribution in [2.24, 2.45) is 0 Å². The van der Waals surface area contributed by atoms with E-state index in [0.29, 0.717) is 5.75 Å². The van der Waals surface area contributed by atoms with E-state index in [1.807, 2.05) is 6.07 Å². The smallest absolute Gasteiger partial charge is 0.337 e. The van der Waals surface area contributed by atoms with E-state index in [-0.39, 0.29) is 16.4 Å². The molecule has 0 heterocycles. The molecule has 5 heteroatoms. The van der Waals surface area contributed by atoms with Crippen LogP contribution in [0, 0.1) is 5.82 Å². The lowest BCUT2D eigenvalue weighted by atomic mass is 10.2. The number of halogens is 2. The van der Waals surface area contributed by atoms with Crippen molar-refractivity contribution >= 4 is 29.3 Å². The van der Waals surface area contributed by atoms with Gasteiger partial charge in [-0.15, -0.1) is 11.8 Å². The molecule has 0 atom stereocenters. The molecule has 0 saturated carbocycles. The zero-order valence-electron chi connectivity index (χ0n) is 9.77. The first kappa shape index (κ1) is 13.9. The standard InChI is InChI=1S/C14H10ClFO2S/c15-13-5-4-11(7-12(13)14(17)18)19-8-9-2-1-3-10(16)6-9/h1-7H,8H2,(H,17,18). The summed E-state index contributed by atoms with van der Waals surface area (Å²) in [7, 11) is 0. The fraction of sp³-hybridized carbons (Fsp3) is 0.0714. The number of aromatic carboxylic acids is 1. The highest BCUT2D eigenvalue weighted by molar-refractivity contribution is 7.98. The molecule has 0 aliphatic rings. The van der Waals surface area contributed by atoms with Crippen LogP contribution in [0.3, 0.4) is 0 Å². The summed E-state index contributed by atoms with van der Waals surface area (Å²) >= 11 is 7.22. The molecule has 0 amide bonds. The van der Waals surface area contributed by atoms with Gasteiger partial charge in [-0.2, -0.15) is 0 Å². The Kier molecular flexibility index (Phi) is 4.45. The molecule has 0 radical (unpaired) electrons. The van der Waals surface area contributed by atoms with Gasteiger partial charge in [-0.05, 0) is 35.9 Å². The van der Waals surface area contributed by atoms with Crippen molar-refractivity contribution in [3.63, 3.8) is 0 Å². The van der Waals surface area contributed by atoms with Crippen molar-refractivity contribution in [3.05, 3.63) is 64.4 Å². The molecule has 2 aromatic rings. The van der Waals surface area contributed by atoms with Gasteiger partial charge in [0, 0.05) is 10.6 Å². The maximum absolute atomic E-state index is 13.0. The molecule has 1 N–H and O–H groups in total. The Bertz CT molecular complexity index is 616. The molecule has 0 saturated heterocycles. The summed E-state index contributed by atoms with van der Waals surface area (Å²) < 4.78 is 13.0. The maximum Gasteiger partial charge on any atom is 0.337 e. The number of thioether (sulfide) groups is 1. The molecule has 2 nitrogen and oxygen atoms in total. The fourth-order valence-electron chi connectivity index (χ4n) is 1.55. The molecule has 2 aromatic carbocycles. The van der Waals surface area contributed by atoms with Crippen molar-refractivity contribution in [2.75, 3.05) is 0 Å². The summed E-state index contributed by atoms with van der Waals surface area (Å²) in [6, 6.07) is 11.1. The average molecular weight is 297 g/mol. The Labute approximate surface area is 119 Å². The number of carboxylic acid groups (broad SMARTS) is 1. The number of hydrogen-bond donors (Lipinski definition) is 1. The Morgan fingerprint density at radius 1 is 1.26 bits per heavy atom. The summed E-state index contributed by atoms with van der Waals surface area (Å²) in [5, 5.41) is 9.18. The van der Waals surface area contributed by atoms with Gasteiger partial charge in [0.25, 0.3) is 0 Å². The molecule has 0 spiro atoms. The summed E-state index contributed by atoms with van der Waals surface area (Å²) in [6.45, 7) is 0. The van der Waals surface area contributed by atoms with Gasteiger partial charge >= 0.3 is 5.97 Å². The van der Waals surface area contributed by atoms with Crippen LogP contribution in [0.1, 0.15) is 15.9 Å². The molecule has 0 unspecified atom stereocenters. The van der Waals surface area contributed by atoms with E-state index in [4.69, 9.17) is 16.7 Å². The minimum Gasteiger partial charge on any atom is -0.478 e. The summed E-state index contributed by atoms with van der Waals surface area (Å²) in [4.78, 5) is 11.7. The molecule has 0 aliphatic carbocycles. The van der Waals surface area contributed by atoms with Crippen LogP contribution in [0.15, 0.2) is 47.4 Å². The van der Waals surface area contributed by atoms with Gasteiger partial charge in [0.15, 0.2) is 0 Å². The molecule has 2 rings (SSSR count). The van der Waals surface area contributed by atoms with Gasteiger partial charge in [-0.25, -0.2) is 9.18 Å². The normalized spacial score (nSPS) is 10.4. The predicted octanol–water partition coefficient (Wildman–Crippen LogP) is 4.47. The van der Waals surface area contributed by atoms with Gasteiger partial charge in [0.1, 0.15) is 5.82 Å². The van der Waals surface area contributed by atoms with E-state index in [2.05, 4.69) is 0 Å². The summed E-state index contributed by atoms with van der Waals surface area (Å²) in [5.41, 5.74) is 0.919. The highest BCUT2D eigenvalue weighted by Gasteiger charge is 2.09. The molecular weight excluding hydrogens is 287 g/mol. The van der Waals surface area contributed by atoms with E-state index in [1.165, 1.54) is 30.0 Å². The molecule has 98 valence electrons. The van der Waals surface area contributed by atoms with E-state index in [1.54, 1.807) is 18.2 Å². The Morgan fingerprint density at radius 3 is 2.74 bits per heavy atom. The molecule has 0 aliphatic heterocycles. The second kappa shape index (κ2) is 6.08. The Hall–Kier alpha value is -1.52. The van der Waals surface area contributed by atoms with Crippen molar-refractivity contribution in [3.8, 4) is 0 Å². The number of rotatable bonds is 4. The predicted molar refractivity (Wildman–Crippen MR) is 74.4 cm³/mol. The van der Waals surface area contributed by atoms with Crippen LogP contribution in [0.4, 0.5) is 4.39 Å². The zero-order valence-corrected chi connectivity index (χ0v) is 11.3. The lowest BCUT2D eigenvalue weighted by Gasteiger charge is -2.05. The molecule has 0 bridgehead atoms. The van der Waals surface area contributed by atoms with Crippen LogP contribution in [0.2, 0.25) is 5.02 Å². The first-order valence-corrected chi connectivity index (χ1v) is 6.83. The van der Waals surface area contributed by atoms with Crippen LogP contribution >= 0.6 is 23.4 Å². The van der Waals surface area contributed by atoms with Crippen LogP contribution in [0.25, 0.3) is 0 Å². The second-order valence-electron chi connectivity index (χ2n) is 3.87. The minimum atomic E-state index is -1.06. The van der Waals surface area contributed by atoms with Crippen LogP contribution in [-0.2, 0) is 5.75 Å². The number of carbonyl (C=O) groups is 1. The second-order valence-corrected chi connectivity index (χ2v) is 5.32. The quantitative estimate of drug-likeness (QED) is 0.846. The topological polar surface area (TPSA) is 37.3 Å². The van der Waals surface area contributed by atoms with E-state index >= 15 is 0 Å². The van der Waals surface area contributed by atoms with Gasteiger partial charge in [-0.1, -0.05) is 23.7 Å². The van der Waals surface area contributed by atoms with Gasteiger partial charge in [-0.3, -0.25) is 0 Å². The largest absolute Gasteiger partial charge is 0.478 e. The first-order valence-electron chi connectivity index (χ1n) is 5.46. The van der Waals surface area contributed by atoms with Crippen LogP contribution in [-0.4, -0.2) is 11.1 Å². The number of carboxylic acids is 1. The Morgan fingerprint density at radius 2 is 2.05 bits per heavy atom. The van der Waals surface area contributed by atoms with Crippen LogP contribution in [0.5, 0.6) is 0 Å². The highest BCUT2D eigenvalue weighted by atomic mass is 35.5. The lowest BCUT2D eigenvalue weighted by Crippen LogP contribution is -1.97. The van der Waals surface area contributed by atoms with Gasteiger partial charge in [0.05, 0.1) is 10.6 Å². The third kappa shape index (κ3) is 3.72. The van der Waals surface area contributed by atoms with Crippen LogP contribution < -0.4 is 0 Å². The van der Waals surface area contributed by atoms with E-state index in [9.17, 15) is 9.18 Å².